The van der Waals surface area contributed by atoms with Gasteiger partial charge in [-0.15, -0.1) is 0 Å². The molecule has 1 aliphatic rings. The number of ether oxygens (including phenoxy) is 1. The number of rotatable bonds is 2. The summed E-state index contributed by atoms with van der Waals surface area (Å²) in [5.74, 6) is -0.428. The molecule has 1 aromatic carbocycles. The molecule has 1 aromatic rings. The van der Waals surface area contributed by atoms with Gasteiger partial charge in [-0.25, -0.2) is 4.79 Å². The maximum absolute atomic E-state index is 12.8. The number of nitrogens with zero attached hydrogens (tertiary/aromatic N) is 1. The first kappa shape index (κ1) is 14.2. The van der Waals surface area contributed by atoms with Gasteiger partial charge in [0.2, 0.25) is 0 Å². The number of hydrogen-bond donors (Lipinski definition) is 0. The van der Waals surface area contributed by atoms with Gasteiger partial charge in [0.1, 0.15) is 6.04 Å². The summed E-state index contributed by atoms with van der Waals surface area (Å²) >= 11 is 2.88. The fraction of sp³-hybridized carbons (Fsp3) is 0.417. The van der Waals surface area contributed by atoms with E-state index in [-0.39, 0.29) is 4.47 Å². The first-order valence-electron chi connectivity index (χ1n) is 5.56. The van der Waals surface area contributed by atoms with Crippen molar-refractivity contribution in [2.45, 2.75) is 18.6 Å². The van der Waals surface area contributed by atoms with Gasteiger partial charge in [0.05, 0.1) is 12.7 Å². The molecular weight excluding hydrogens is 327 g/mol. The number of esters is 1. The van der Waals surface area contributed by atoms with E-state index in [1.165, 1.54) is 13.2 Å². The minimum Gasteiger partial charge on any atom is -0.467 e. The normalized spacial score (nSPS) is 19.0. The van der Waals surface area contributed by atoms with E-state index in [0.29, 0.717) is 18.7 Å². The number of alkyl halides is 3. The molecule has 1 atom stereocenters. The Balaban J connectivity index is 2.30. The van der Waals surface area contributed by atoms with E-state index in [4.69, 9.17) is 0 Å². The standard InChI is InChI=1S/C12H11BrF3NO2/c1-19-11(18)10-4-5-17(10)7-2-3-9(13)8(6-7)12(14,15)16/h2-3,6,10H,4-5H2,1H3. The molecule has 1 fully saturated rings. The van der Waals surface area contributed by atoms with Crippen LogP contribution in [0.3, 0.4) is 0 Å². The molecule has 1 unspecified atom stereocenters. The topological polar surface area (TPSA) is 29.5 Å². The Labute approximate surface area is 116 Å². The van der Waals surface area contributed by atoms with Crippen LogP contribution in [0.4, 0.5) is 18.9 Å². The maximum atomic E-state index is 12.8. The Morgan fingerprint density at radius 2 is 2.16 bits per heavy atom. The zero-order chi connectivity index (χ0) is 14.2. The second kappa shape index (κ2) is 5.03. The van der Waals surface area contributed by atoms with Gasteiger partial charge in [-0.05, 0) is 24.6 Å². The zero-order valence-corrected chi connectivity index (χ0v) is 11.6. The molecule has 0 N–H and O–H groups in total. The van der Waals surface area contributed by atoms with Gasteiger partial charge in [-0.1, -0.05) is 15.9 Å². The SMILES string of the molecule is COC(=O)C1CCN1c1ccc(Br)c(C(F)(F)F)c1. The van der Waals surface area contributed by atoms with Crippen LogP contribution in [0.1, 0.15) is 12.0 Å². The van der Waals surface area contributed by atoms with Gasteiger partial charge >= 0.3 is 12.1 Å². The van der Waals surface area contributed by atoms with E-state index in [2.05, 4.69) is 20.7 Å². The molecule has 0 aliphatic carbocycles. The van der Waals surface area contributed by atoms with Crippen molar-refractivity contribution in [3.05, 3.63) is 28.2 Å². The van der Waals surface area contributed by atoms with Crippen LogP contribution < -0.4 is 4.90 Å². The highest BCUT2D eigenvalue weighted by atomic mass is 79.9. The molecule has 2 rings (SSSR count). The quantitative estimate of drug-likeness (QED) is 0.776. The molecule has 3 nitrogen and oxygen atoms in total. The van der Waals surface area contributed by atoms with E-state index < -0.39 is 23.8 Å². The Hall–Kier alpha value is -1.24. The smallest absolute Gasteiger partial charge is 0.417 e. The molecule has 1 heterocycles. The third kappa shape index (κ3) is 2.70. The van der Waals surface area contributed by atoms with Crippen LogP contribution in [0.15, 0.2) is 22.7 Å². The van der Waals surface area contributed by atoms with Crippen LogP contribution in [0, 0.1) is 0 Å². The van der Waals surface area contributed by atoms with Crippen LogP contribution in [0.2, 0.25) is 0 Å². The average molecular weight is 338 g/mol. The lowest BCUT2D eigenvalue weighted by Gasteiger charge is -2.40. The van der Waals surface area contributed by atoms with E-state index in [0.717, 1.165) is 6.07 Å². The minimum absolute atomic E-state index is 0.0149. The Morgan fingerprint density at radius 3 is 2.63 bits per heavy atom. The fourth-order valence-corrected chi connectivity index (χ4v) is 2.46. The first-order chi connectivity index (χ1) is 8.84. The molecule has 0 saturated carbocycles. The van der Waals surface area contributed by atoms with E-state index >= 15 is 0 Å². The highest BCUT2D eigenvalue weighted by molar-refractivity contribution is 9.10. The predicted octanol–water partition coefficient (Wildman–Crippen LogP) is 3.22. The summed E-state index contributed by atoms with van der Waals surface area (Å²) in [5.41, 5.74) is -0.377. The number of hydrogen-bond acceptors (Lipinski definition) is 3. The van der Waals surface area contributed by atoms with Crippen LogP contribution >= 0.6 is 15.9 Å². The number of methoxy groups -OCH3 is 1. The molecule has 1 saturated heterocycles. The summed E-state index contributed by atoms with van der Waals surface area (Å²) in [5, 5.41) is 0. The summed E-state index contributed by atoms with van der Waals surface area (Å²) in [4.78, 5) is 13.0. The Kier molecular flexibility index (Phi) is 3.75. The van der Waals surface area contributed by atoms with Crippen molar-refractivity contribution in [3.63, 3.8) is 0 Å². The molecule has 7 heteroatoms. The molecule has 0 amide bonds. The first-order valence-corrected chi connectivity index (χ1v) is 6.35. The summed E-state index contributed by atoms with van der Waals surface area (Å²) < 4.78 is 43.0. The van der Waals surface area contributed by atoms with Crippen molar-refractivity contribution in [3.8, 4) is 0 Å². The molecular formula is C12H11BrF3NO2. The maximum Gasteiger partial charge on any atom is 0.417 e. The molecule has 104 valence electrons. The summed E-state index contributed by atoms with van der Waals surface area (Å²) in [6, 6.07) is 3.44. The van der Waals surface area contributed by atoms with Crippen LogP contribution in [0.5, 0.6) is 0 Å². The number of carbonyl (C=O) groups is 1. The number of anilines is 1. The Morgan fingerprint density at radius 1 is 1.47 bits per heavy atom. The lowest BCUT2D eigenvalue weighted by molar-refractivity contribution is -0.143. The highest BCUT2D eigenvalue weighted by Gasteiger charge is 2.38. The Bertz CT molecular complexity index is 504. The van der Waals surface area contributed by atoms with Crippen molar-refractivity contribution in [2.24, 2.45) is 0 Å². The predicted molar refractivity (Wildman–Crippen MR) is 66.9 cm³/mol. The van der Waals surface area contributed by atoms with Gasteiger partial charge in [0, 0.05) is 16.7 Å². The monoisotopic (exact) mass is 337 g/mol. The number of benzene rings is 1. The van der Waals surface area contributed by atoms with E-state index in [1.807, 2.05) is 0 Å². The molecule has 0 spiro atoms. The van der Waals surface area contributed by atoms with Crippen LogP contribution in [-0.2, 0) is 15.7 Å². The van der Waals surface area contributed by atoms with Gasteiger partial charge in [-0.3, -0.25) is 0 Å². The largest absolute Gasteiger partial charge is 0.467 e. The van der Waals surface area contributed by atoms with Crippen molar-refractivity contribution in [1.29, 1.82) is 0 Å². The van der Waals surface area contributed by atoms with Crippen LogP contribution in [-0.4, -0.2) is 25.7 Å². The van der Waals surface area contributed by atoms with E-state index in [1.54, 1.807) is 11.0 Å². The van der Waals surface area contributed by atoms with Crippen LogP contribution in [0.25, 0.3) is 0 Å². The summed E-state index contributed by atoms with van der Waals surface area (Å²) in [6.45, 7) is 0.540. The molecule has 0 aromatic heterocycles. The number of halogens is 4. The third-order valence-electron chi connectivity index (χ3n) is 3.08. The van der Waals surface area contributed by atoms with Gasteiger partial charge in [0.15, 0.2) is 0 Å². The van der Waals surface area contributed by atoms with E-state index in [9.17, 15) is 18.0 Å². The number of carbonyl (C=O) groups excluding carboxylic acids is 1. The second-order valence-electron chi connectivity index (χ2n) is 4.18. The van der Waals surface area contributed by atoms with Gasteiger partial charge < -0.3 is 9.64 Å². The highest BCUT2D eigenvalue weighted by Crippen LogP contribution is 2.38. The van der Waals surface area contributed by atoms with Crippen molar-refractivity contribution >= 4 is 27.6 Å². The van der Waals surface area contributed by atoms with Crippen molar-refractivity contribution in [1.82, 2.24) is 0 Å². The summed E-state index contributed by atoms with van der Waals surface area (Å²) in [7, 11) is 1.27. The lowest BCUT2D eigenvalue weighted by atomic mass is 10.0. The molecule has 0 radical (unpaired) electrons. The van der Waals surface area contributed by atoms with Crippen molar-refractivity contribution in [2.75, 3.05) is 18.6 Å². The van der Waals surface area contributed by atoms with Gasteiger partial charge in [0.25, 0.3) is 0 Å². The molecule has 1 aliphatic heterocycles. The molecule has 0 bridgehead atoms. The molecule has 19 heavy (non-hydrogen) atoms. The van der Waals surface area contributed by atoms with Gasteiger partial charge in [-0.2, -0.15) is 13.2 Å². The third-order valence-corrected chi connectivity index (χ3v) is 3.77. The average Bonchev–Trinajstić information content (AvgIpc) is 2.28. The second-order valence-corrected chi connectivity index (χ2v) is 5.04. The lowest BCUT2D eigenvalue weighted by Crippen LogP contribution is -2.53. The van der Waals surface area contributed by atoms with Crippen molar-refractivity contribution < 1.29 is 22.7 Å². The summed E-state index contributed by atoms with van der Waals surface area (Å²) in [6.07, 6.45) is -3.84. The zero-order valence-electron chi connectivity index (χ0n) is 10.00. The minimum atomic E-state index is -4.43. The fourth-order valence-electron chi connectivity index (χ4n) is 1.99.